The van der Waals surface area contributed by atoms with Crippen molar-refractivity contribution in [2.45, 2.75) is 6.42 Å². The first-order chi connectivity index (χ1) is 12.0. The zero-order valence-corrected chi connectivity index (χ0v) is 12.9. The zero-order chi connectivity index (χ0) is 17.8. The number of nitrogens with one attached hydrogen (secondary N) is 1. The second-order valence-corrected chi connectivity index (χ2v) is 5.29. The van der Waals surface area contributed by atoms with Crippen LogP contribution in [0.2, 0.25) is 0 Å². The fourth-order valence-corrected chi connectivity index (χ4v) is 2.19. The summed E-state index contributed by atoms with van der Waals surface area (Å²) in [6, 6.07) is 8.66. The van der Waals surface area contributed by atoms with Crippen LogP contribution in [-0.2, 0) is 6.42 Å². The largest absolute Gasteiger partial charge is 0.444 e. The maximum Gasteiger partial charge on any atom is 0.251 e. The fraction of sp³-hybridized carbons (Fsp3) is 0.111. The van der Waals surface area contributed by atoms with Crippen LogP contribution in [0.1, 0.15) is 16.1 Å². The Hall–Kier alpha value is -3.09. The predicted octanol–water partition coefficient (Wildman–Crippen LogP) is 3.73. The summed E-state index contributed by atoms with van der Waals surface area (Å²) in [4.78, 5) is 16.1. The summed E-state index contributed by atoms with van der Waals surface area (Å²) in [5.74, 6) is -2.60. The minimum absolute atomic E-state index is 0.0334. The molecular weight excluding hydrogens is 333 g/mol. The number of benzene rings is 2. The highest BCUT2D eigenvalue weighted by atomic mass is 19.2. The number of hydrogen-bond donors (Lipinski definition) is 1. The van der Waals surface area contributed by atoms with Crippen LogP contribution in [0.4, 0.5) is 13.2 Å². The highest BCUT2D eigenvalue weighted by molar-refractivity contribution is 5.94. The summed E-state index contributed by atoms with van der Waals surface area (Å²) < 4.78 is 44.2. The Kier molecular flexibility index (Phi) is 4.83. The van der Waals surface area contributed by atoms with Crippen molar-refractivity contribution in [3.05, 3.63) is 77.4 Å². The summed E-state index contributed by atoms with van der Waals surface area (Å²) in [6.07, 6.45) is 1.84. The van der Waals surface area contributed by atoms with Gasteiger partial charge in [-0.2, -0.15) is 0 Å². The molecule has 128 valence electrons. The van der Waals surface area contributed by atoms with Gasteiger partial charge in [0.25, 0.3) is 5.91 Å². The lowest BCUT2D eigenvalue weighted by atomic mass is 10.2. The SMILES string of the molecule is O=C(NCCc1coc(-c2ccc(F)cc2)n1)c1ccc(F)c(F)c1. The van der Waals surface area contributed by atoms with Gasteiger partial charge in [0.05, 0.1) is 5.69 Å². The fourth-order valence-electron chi connectivity index (χ4n) is 2.19. The Morgan fingerprint density at radius 1 is 1.04 bits per heavy atom. The summed E-state index contributed by atoms with van der Waals surface area (Å²) >= 11 is 0. The Morgan fingerprint density at radius 3 is 2.52 bits per heavy atom. The van der Waals surface area contributed by atoms with Crippen molar-refractivity contribution >= 4 is 5.91 Å². The molecule has 2 aromatic carbocycles. The van der Waals surface area contributed by atoms with Crippen LogP contribution in [0.5, 0.6) is 0 Å². The topological polar surface area (TPSA) is 55.1 Å². The van der Waals surface area contributed by atoms with Crippen molar-refractivity contribution in [3.8, 4) is 11.5 Å². The molecule has 1 amide bonds. The predicted molar refractivity (Wildman–Crippen MR) is 84.3 cm³/mol. The molecule has 4 nitrogen and oxygen atoms in total. The van der Waals surface area contributed by atoms with E-state index in [1.54, 1.807) is 12.1 Å². The molecule has 1 aromatic heterocycles. The molecule has 3 rings (SSSR count). The Balaban J connectivity index is 1.56. The molecule has 1 heterocycles. The Bertz CT molecular complexity index is 892. The summed E-state index contributed by atoms with van der Waals surface area (Å²) in [7, 11) is 0. The third kappa shape index (κ3) is 4.06. The first kappa shape index (κ1) is 16.8. The molecule has 0 aliphatic carbocycles. The van der Waals surface area contributed by atoms with Crippen LogP contribution in [0.15, 0.2) is 53.1 Å². The molecule has 0 unspecified atom stereocenters. The lowest BCUT2D eigenvalue weighted by molar-refractivity contribution is 0.0953. The summed E-state index contributed by atoms with van der Waals surface area (Å²) in [6.45, 7) is 0.243. The van der Waals surface area contributed by atoms with Gasteiger partial charge in [-0.1, -0.05) is 0 Å². The standard InChI is InChI=1S/C18H13F3N2O2/c19-13-4-1-11(2-5-13)18-23-14(10-25-18)7-8-22-17(24)12-3-6-15(20)16(21)9-12/h1-6,9-10H,7-8H2,(H,22,24). The number of amides is 1. The third-order valence-corrected chi connectivity index (χ3v) is 3.49. The molecule has 0 aliphatic heterocycles. The van der Waals surface area contributed by atoms with Crippen molar-refractivity contribution in [3.63, 3.8) is 0 Å². The van der Waals surface area contributed by atoms with Gasteiger partial charge in [0.1, 0.15) is 12.1 Å². The van der Waals surface area contributed by atoms with Crippen molar-refractivity contribution in [1.29, 1.82) is 0 Å². The van der Waals surface area contributed by atoms with Crippen LogP contribution in [0.25, 0.3) is 11.5 Å². The van der Waals surface area contributed by atoms with Crippen LogP contribution < -0.4 is 5.32 Å². The number of halogens is 3. The number of aromatic nitrogens is 1. The molecule has 0 aliphatic rings. The van der Waals surface area contributed by atoms with E-state index in [-0.39, 0.29) is 17.9 Å². The van der Waals surface area contributed by atoms with E-state index < -0.39 is 17.5 Å². The van der Waals surface area contributed by atoms with E-state index >= 15 is 0 Å². The van der Waals surface area contributed by atoms with Gasteiger partial charge in [0.2, 0.25) is 5.89 Å². The second kappa shape index (κ2) is 7.21. The quantitative estimate of drug-likeness (QED) is 0.766. The molecule has 0 saturated carbocycles. The van der Waals surface area contributed by atoms with Gasteiger partial charge in [-0.15, -0.1) is 0 Å². The second-order valence-electron chi connectivity index (χ2n) is 5.29. The number of nitrogens with zero attached hydrogens (tertiary/aromatic N) is 1. The van der Waals surface area contributed by atoms with Crippen molar-refractivity contribution < 1.29 is 22.4 Å². The number of oxazole rings is 1. The van der Waals surface area contributed by atoms with E-state index in [1.165, 1.54) is 24.5 Å². The van der Waals surface area contributed by atoms with Crippen LogP contribution in [-0.4, -0.2) is 17.4 Å². The minimum atomic E-state index is -1.08. The van der Waals surface area contributed by atoms with E-state index in [9.17, 15) is 18.0 Å². The molecule has 0 bridgehead atoms. The summed E-state index contributed by atoms with van der Waals surface area (Å²) in [5, 5.41) is 2.59. The molecule has 3 aromatic rings. The van der Waals surface area contributed by atoms with E-state index in [0.29, 0.717) is 23.6 Å². The minimum Gasteiger partial charge on any atom is -0.444 e. The maximum atomic E-state index is 13.1. The smallest absolute Gasteiger partial charge is 0.251 e. The maximum absolute atomic E-state index is 13.1. The van der Waals surface area contributed by atoms with Gasteiger partial charge in [-0.3, -0.25) is 4.79 Å². The van der Waals surface area contributed by atoms with Crippen molar-refractivity contribution in [2.75, 3.05) is 6.54 Å². The molecule has 0 spiro atoms. The number of rotatable bonds is 5. The summed E-state index contributed by atoms with van der Waals surface area (Å²) in [5.41, 5.74) is 1.27. The Morgan fingerprint density at radius 2 is 1.80 bits per heavy atom. The monoisotopic (exact) mass is 346 g/mol. The van der Waals surface area contributed by atoms with Crippen LogP contribution in [0, 0.1) is 17.5 Å². The molecule has 1 N–H and O–H groups in total. The van der Waals surface area contributed by atoms with E-state index in [1.807, 2.05) is 0 Å². The van der Waals surface area contributed by atoms with E-state index in [0.717, 1.165) is 12.1 Å². The van der Waals surface area contributed by atoms with Gasteiger partial charge in [0, 0.05) is 24.1 Å². The molecular formula is C18H13F3N2O2. The number of carbonyl (C=O) groups is 1. The molecule has 0 atom stereocenters. The van der Waals surface area contributed by atoms with Gasteiger partial charge >= 0.3 is 0 Å². The molecule has 0 fully saturated rings. The van der Waals surface area contributed by atoms with Gasteiger partial charge in [-0.05, 0) is 42.5 Å². The molecule has 0 saturated heterocycles. The van der Waals surface area contributed by atoms with Gasteiger partial charge < -0.3 is 9.73 Å². The highest BCUT2D eigenvalue weighted by Crippen LogP contribution is 2.19. The van der Waals surface area contributed by atoms with Crippen LogP contribution in [0.3, 0.4) is 0 Å². The highest BCUT2D eigenvalue weighted by Gasteiger charge is 2.10. The van der Waals surface area contributed by atoms with Crippen molar-refractivity contribution in [2.24, 2.45) is 0 Å². The third-order valence-electron chi connectivity index (χ3n) is 3.49. The molecule has 25 heavy (non-hydrogen) atoms. The lowest BCUT2D eigenvalue weighted by Crippen LogP contribution is -2.25. The number of carbonyl (C=O) groups excluding carboxylic acids is 1. The van der Waals surface area contributed by atoms with E-state index in [4.69, 9.17) is 4.42 Å². The number of hydrogen-bond acceptors (Lipinski definition) is 3. The lowest BCUT2D eigenvalue weighted by Gasteiger charge is -2.04. The first-order valence-corrected chi connectivity index (χ1v) is 7.46. The Labute approximate surface area is 141 Å². The zero-order valence-electron chi connectivity index (χ0n) is 12.9. The average Bonchev–Trinajstić information content (AvgIpc) is 3.06. The van der Waals surface area contributed by atoms with Crippen molar-refractivity contribution in [1.82, 2.24) is 10.3 Å². The average molecular weight is 346 g/mol. The molecule has 0 radical (unpaired) electrons. The van der Waals surface area contributed by atoms with E-state index in [2.05, 4.69) is 10.3 Å². The van der Waals surface area contributed by atoms with Gasteiger partial charge in [-0.25, -0.2) is 18.2 Å². The van der Waals surface area contributed by atoms with Crippen LogP contribution >= 0.6 is 0 Å². The molecule has 7 heteroatoms. The normalized spacial score (nSPS) is 10.7. The first-order valence-electron chi connectivity index (χ1n) is 7.46. The van der Waals surface area contributed by atoms with Gasteiger partial charge in [0.15, 0.2) is 11.6 Å².